The maximum Gasteiger partial charge on any atom is 0.358 e. The molecule has 9 heteroatoms. The number of hydrogen-bond donors (Lipinski definition) is 3. The van der Waals surface area contributed by atoms with E-state index in [1.807, 2.05) is 0 Å². The molecule has 1 atom stereocenters. The zero-order valence-electron chi connectivity index (χ0n) is 14.3. The molecular weight excluding hydrogens is 314 g/mol. The van der Waals surface area contributed by atoms with Crippen molar-refractivity contribution in [2.75, 3.05) is 12.4 Å². The van der Waals surface area contributed by atoms with Gasteiger partial charge in [0.25, 0.3) is 0 Å². The van der Waals surface area contributed by atoms with Crippen molar-refractivity contribution in [3.8, 4) is 0 Å². The Bertz CT molecular complexity index is 674. The van der Waals surface area contributed by atoms with E-state index in [1.54, 1.807) is 25.3 Å². The Morgan fingerprint density at radius 2 is 2.00 bits per heavy atom. The van der Waals surface area contributed by atoms with Crippen LogP contribution >= 0.6 is 0 Å². The molecule has 0 aliphatic carbocycles. The van der Waals surface area contributed by atoms with Crippen LogP contribution in [0.15, 0.2) is 0 Å². The minimum absolute atomic E-state index is 0.117. The number of methoxy groups -OCH3 is 1. The van der Waals surface area contributed by atoms with Gasteiger partial charge in [0, 0.05) is 13.0 Å². The van der Waals surface area contributed by atoms with Crippen LogP contribution in [0.1, 0.15) is 43.5 Å². The molecule has 2 heterocycles. The maximum atomic E-state index is 12.2. The van der Waals surface area contributed by atoms with E-state index in [0.29, 0.717) is 12.4 Å². The van der Waals surface area contributed by atoms with Gasteiger partial charge in [-0.2, -0.15) is 0 Å². The van der Waals surface area contributed by atoms with Gasteiger partial charge in [-0.15, -0.1) is 0 Å². The lowest BCUT2D eigenvalue weighted by Crippen LogP contribution is -2.53. The summed E-state index contributed by atoms with van der Waals surface area (Å²) >= 11 is 0. The van der Waals surface area contributed by atoms with Gasteiger partial charge in [-0.1, -0.05) is 20.8 Å². The van der Waals surface area contributed by atoms with Crippen molar-refractivity contribution in [1.29, 1.82) is 0 Å². The fourth-order valence-electron chi connectivity index (χ4n) is 2.71. The number of esters is 1. The minimum Gasteiger partial charge on any atom is -0.464 e. The molecule has 0 unspecified atom stereocenters. The monoisotopic (exact) mass is 337 g/mol. The molecule has 0 aromatic carbocycles. The quantitative estimate of drug-likeness (QED) is 0.694. The van der Waals surface area contributed by atoms with E-state index >= 15 is 0 Å². The number of carbonyl (C=O) groups excluding carboxylic acids is 3. The lowest BCUT2D eigenvalue weighted by atomic mass is 9.86. The fraction of sp³-hybridized carbons (Fsp3) is 0.600. The third-order valence-corrected chi connectivity index (χ3v) is 3.87. The molecular formula is C15H23N5O4. The summed E-state index contributed by atoms with van der Waals surface area (Å²) in [5.41, 5.74) is 5.00. The summed E-state index contributed by atoms with van der Waals surface area (Å²) in [7, 11) is 1.27. The number of aromatic nitrogens is 2. The van der Waals surface area contributed by atoms with Gasteiger partial charge in [-0.25, -0.2) is 14.6 Å². The van der Waals surface area contributed by atoms with Crippen molar-refractivity contribution in [3.05, 3.63) is 11.5 Å². The molecule has 4 N–H and O–H groups in total. The molecule has 3 amide bonds. The molecule has 0 fully saturated rings. The highest BCUT2D eigenvalue weighted by Gasteiger charge is 2.32. The average molecular weight is 337 g/mol. The Morgan fingerprint density at radius 3 is 2.54 bits per heavy atom. The summed E-state index contributed by atoms with van der Waals surface area (Å²) in [6.07, 6.45) is 1.60. The first-order chi connectivity index (χ1) is 11.1. The summed E-state index contributed by atoms with van der Waals surface area (Å²) in [4.78, 5) is 40.1. The third-order valence-electron chi connectivity index (χ3n) is 3.87. The van der Waals surface area contributed by atoms with Crippen molar-refractivity contribution in [3.63, 3.8) is 0 Å². The number of nitrogens with one attached hydrogen (secondary N) is 2. The van der Waals surface area contributed by atoms with Crippen molar-refractivity contribution >= 4 is 23.7 Å². The Kier molecular flexibility index (Phi) is 4.81. The van der Waals surface area contributed by atoms with Gasteiger partial charge in [0.1, 0.15) is 11.9 Å². The topological polar surface area (TPSA) is 128 Å². The van der Waals surface area contributed by atoms with Crippen LogP contribution < -0.4 is 16.4 Å². The van der Waals surface area contributed by atoms with Crippen LogP contribution in [0.2, 0.25) is 0 Å². The largest absolute Gasteiger partial charge is 0.464 e. The number of ether oxygens (including phenoxy) is 1. The van der Waals surface area contributed by atoms with Gasteiger partial charge < -0.3 is 20.4 Å². The second kappa shape index (κ2) is 6.50. The molecule has 1 aromatic heterocycles. The molecule has 24 heavy (non-hydrogen) atoms. The standard InChI is InChI=1S/C15H23N5O4/c1-15(2,3)10(11(16)21)18-14(23)19-12-9(13(22)24-4)20-7-5-6-8(20)17-12/h10H,5-7H2,1-4H3,(H2,16,21)(H2,18,19,23)/t10-/m1/s1. The van der Waals surface area contributed by atoms with Crippen LogP contribution in [0.5, 0.6) is 0 Å². The molecule has 2 rings (SSSR count). The molecule has 0 bridgehead atoms. The SMILES string of the molecule is COC(=O)c1c(NC(=O)N[C@H](C(N)=O)C(C)(C)C)nc2n1CCC2. The average Bonchev–Trinajstić information content (AvgIpc) is 3.02. The van der Waals surface area contributed by atoms with Gasteiger partial charge >= 0.3 is 12.0 Å². The Balaban J connectivity index is 2.21. The van der Waals surface area contributed by atoms with E-state index < -0.39 is 29.4 Å². The van der Waals surface area contributed by atoms with Crippen LogP contribution in [0.25, 0.3) is 0 Å². The third kappa shape index (κ3) is 3.50. The lowest BCUT2D eigenvalue weighted by Gasteiger charge is -2.28. The first kappa shape index (κ1) is 17.8. The molecule has 1 aromatic rings. The molecule has 1 aliphatic rings. The summed E-state index contributed by atoms with van der Waals surface area (Å²) in [5, 5.41) is 5.05. The predicted molar refractivity (Wildman–Crippen MR) is 86.5 cm³/mol. The first-order valence-electron chi connectivity index (χ1n) is 7.69. The molecule has 0 spiro atoms. The Hall–Kier alpha value is -2.58. The number of nitrogens with two attached hydrogens (primary N) is 1. The highest BCUT2D eigenvalue weighted by atomic mass is 16.5. The maximum absolute atomic E-state index is 12.2. The van der Waals surface area contributed by atoms with Crippen molar-refractivity contribution in [2.45, 2.75) is 46.2 Å². The fourth-order valence-corrected chi connectivity index (χ4v) is 2.71. The molecule has 0 saturated carbocycles. The molecule has 132 valence electrons. The van der Waals surface area contributed by atoms with E-state index in [9.17, 15) is 14.4 Å². The first-order valence-corrected chi connectivity index (χ1v) is 7.69. The summed E-state index contributed by atoms with van der Waals surface area (Å²) in [6, 6.07) is -1.52. The molecule has 9 nitrogen and oxygen atoms in total. The highest BCUT2D eigenvalue weighted by Crippen LogP contribution is 2.25. The number of imidazole rings is 1. The lowest BCUT2D eigenvalue weighted by molar-refractivity contribution is -0.122. The number of nitrogens with zero attached hydrogens (tertiary/aromatic N) is 2. The van der Waals surface area contributed by atoms with Crippen LogP contribution in [-0.2, 0) is 22.5 Å². The second-order valence-electron chi connectivity index (χ2n) is 6.77. The van der Waals surface area contributed by atoms with Gasteiger partial charge in [0.15, 0.2) is 11.5 Å². The Morgan fingerprint density at radius 1 is 1.33 bits per heavy atom. The van der Waals surface area contributed by atoms with E-state index in [2.05, 4.69) is 15.6 Å². The smallest absolute Gasteiger partial charge is 0.358 e. The number of aryl methyl sites for hydroxylation is 1. The molecule has 0 saturated heterocycles. The number of fused-ring (bicyclic) bond motifs is 1. The van der Waals surface area contributed by atoms with Crippen LogP contribution in [0.4, 0.5) is 10.6 Å². The van der Waals surface area contributed by atoms with E-state index in [-0.39, 0.29) is 11.5 Å². The van der Waals surface area contributed by atoms with Crippen molar-refractivity contribution < 1.29 is 19.1 Å². The normalized spacial score (nSPS) is 14.7. The van der Waals surface area contributed by atoms with E-state index in [0.717, 1.165) is 12.8 Å². The summed E-state index contributed by atoms with van der Waals surface area (Å²) in [6.45, 7) is 6.00. The van der Waals surface area contributed by atoms with Crippen LogP contribution in [0.3, 0.4) is 0 Å². The predicted octanol–water partition coefficient (Wildman–Crippen LogP) is 0.637. The number of amides is 3. The second-order valence-corrected chi connectivity index (χ2v) is 6.77. The summed E-state index contributed by atoms with van der Waals surface area (Å²) in [5.74, 6) is -0.384. The van der Waals surface area contributed by atoms with Gasteiger partial charge in [-0.05, 0) is 11.8 Å². The Labute approximate surface area is 139 Å². The van der Waals surface area contributed by atoms with Crippen LogP contribution in [-0.4, -0.2) is 40.6 Å². The van der Waals surface area contributed by atoms with Gasteiger partial charge in [0.2, 0.25) is 5.91 Å². The number of anilines is 1. The molecule has 0 radical (unpaired) electrons. The molecule has 1 aliphatic heterocycles. The van der Waals surface area contributed by atoms with Gasteiger partial charge in [-0.3, -0.25) is 10.1 Å². The number of primary amides is 1. The number of hydrogen-bond acceptors (Lipinski definition) is 5. The zero-order chi connectivity index (χ0) is 18.1. The van der Waals surface area contributed by atoms with Crippen LogP contribution in [0, 0.1) is 5.41 Å². The minimum atomic E-state index is -0.867. The van der Waals surface area contributed by atoms with E-state index in [1.165, 1.54) is 7.11 Å². The number of carbonyl (C=O) groups is 3. The summed E-state index contributed by atoms with van der Waals surface area (Å²) < 4.78 is 6.50. The highest BCUT2D eigenvalue weighted by molar-refractivity contribution is 5.99. The number of rotatable bonds is 4. The zero-order valence-corrected chi connectivity index (χ0v) is 14.3. The van der Waals surface area contributed by atoms with Crippen molar-refractivity contribution in [1.82, 2.24) is 14.9 Å². The van der Waals surface area contributed by atoms with E-state index in [4.69, 9.17) is 10.5 Å². The van der Waals surface area contributed by atoms with Crippen molar-refractivity contribution in [2.24, 2.45) is 11.1 Å². The number of urea groups is 1. The van der Waals surface area contributed by atoms with Gasteiger partial charge in [0.05, 0.1) is 7.11 Å².